The minimum Gasteiger partial charge on any atom is -0.497 e. The Balaban J connectivity index is 2.19. The summed E-state index contributed by atoms with van der Waals surface area (Å²) in [6, 6.07) is 10.4. The third-order valence-corrected chi connectivity index (χ3v) is 3.74. The molecule has 0 saturated carbocycles. The van der Waals surface area contributed by atoms with E-state index in [1.165, 1.54) is 13.4 Å². The molecular formula is C17H13ClO4. The Morgan fingerprint density at radius 1 is 1.05 bits per heavy atom. The Kier molecular flexibility index (Phi) is 3.77. The molecule has 0 radical (unpaired) electrons. The number of ether oxygens (including phenoxy) is 2. The van der Waals surface area contributed by atoms with Crippen LogP contribution in [0.3, 0.4) is 0 Å². The van der Waals surface area contributed by atoms with Crippen molar-refractivity contribution in [2.24, 2.45) is 0 Å². The van der Waals surface area contributed by atoms with Crippen LogP contribution >= 0.6 is 11.6 Å². The van der Waals surface area contributed by atoms with Crippen LogP contribution in [-0.4, -0.2) is 14.2 Å². The monoisotopic (exact) mass is 316 g/mol. The highest BCUT2D eigenvalue weighted by Crippen LogP contribution is 2.30. The summed E-state index contributed by atoms with van der Waals surface area (Å²) in [7, 11) is 3.10. The maximum atomic E-state index is 12.6. The Bertz CT molecular complexity index is 882. The number of rotatable bonds is 3. The lowest BCUT2D eigenvalue weighted by atomic mass is 10.1. The van der Waals surface area contributed by atoms with Gasteiger partial charge in [-0.25, -0.2) is 0 Å². The van der Waals surface area contributed by atoms with E-state index in [-0.39, 0.29) is 5.43 Å². The number of hydrogen-bond donors (Lipinski definition) is 0. The quantitative estimate of drug-likeness (QED) is 0.729. The van der Waals surface area contributed by atoms with Crippen LogP contribution in [0, 0.1) is 0 Å². The first-order valence-corrected chi connectivity index (χ1v) is 6.95. The minimum absolute atomic E-state index is 0.143. The largest absolute Gasteiger partial charge is 0.497 e. The van der Waals surface area contributed by atoms with Crippen LogP contribution in [0.25, 0.3) is 22.1 Å². The summed E-state index contributed by atoms with van der Waals surface area (Å²) >= 11 is 6.09. The van der Waals surface area contributed by atoms with Crippen molar-refractivity contribution >= 4 is 22.6 Å². The zero-order valence-electron chi connectivity index (χ0n) is 12.1. The van der Waals surface area contributed by atoms with Crippen molar-refractivity contribution in [1.82, 2.24) is 0 Å². The van der Waals surface area contributed by atoms with E-state index in [1.54, 1.807) is 31.4 Å². The van der Waals surface area contributed by atoms with Crippen molar-refractivity contribution in [2.45, 2.75) is 0 Å². The topological polar surface area (TPSA) is 48.7 Å². The Morgan fingerprint density at radius 2 is 1.77 bits per heavy atom. The Hall–Kier alpha value is -2.46. The van der Waals surface area contributed by atoms with Crippen molar-refractivity contribution < 1.29 is 13.9 Å². The predicted octanol–water partition coefficient (Wildman–Crippen LogP) is 4.13. The third-order valence-electron chi connectivity index (χ3n) is 3.45. The summed E-state index contributed by atoms with van der Waals surface area (Å²) in [6.07, 6.45) is 1.44. The molecule has 0 saturated heterocycles. The summed E-state index contributed by atoms with van der Waals surface area (Å²) in [5.74, 6) is 1.19. The van der Waals surface area contributed by atoms with Gasteiger partial charge in [0, 0.05) is 6.07 Å². The molecule has 0 amide bonds. The van der Waals surface area contributed by atoms with Crippen LogP contribution < -0.4 is 14.9 Å². The highest BCUT2D eigenvalue weighted by molar-refractivity contribution is 6.32. The molecule has 0 fully saturated rings. The Morgan fingerprint density at radius 3 is 2.41 bits per heavy atom. The maximum Gasteiger partial charge on any atom is 0.200 e. The summed E-state index contributed by atoms with van der Waals surface area (Å²) < 4.78 is 15.8. The van der Waals surface area contributed by atoms with Crippen LogP contribution in [-0.2, 0) is 0 Å². The summed E-state index contributed by atoms with van der Waals surface area (Å²) in [5, 5.41) is 0.785. The fourth-order valence-corrected chi connectivity index (χ4v) is 2.50. The highest BCUT2D eigenvalue weighted by atomic mass is 35.5. The van der Waals surface area contributed by atoms with Crippen molar-refractivity contribution in [2.75, 3.05) is 14.2 Å². The lowest BCUT2D eigenvalue weighted by Gasteiger charge is -2.07. The number of halogens is 1. The molecule has 0 unspecified atom stereocenters. The minimum atomic E-state index is -0.143. The van der Waals surface area contributed by atoms with Gasteiger partial charge in [-0.2, -0.15) is 0 Å². The molecule has 0 aliphatic rings. The van der Waals surface area contributed by atoms with E-state index in [9.17, 15) is 4.79 Å². The van der Waals surface area contributed by atoms with E-state index in [2.05, 4.69) is 0 Å². The molecular weight excluding hydrogens is 304 g/mol. The average molecular weight is 317 g/mol. The molecule has 1 aromatic heterocycles. The van der Waals surface area contributed by atoms with Gasteiger partial charge in [-0.15, -0.1) is 0 Å². The molecule has 5 heteroatoms. The van der Waals surface area contributed by atoms with Crippen molar-refractivity contribution in [3.8, 4) is 22.6 Å². The molecule has 112 valence electrons. The second-order valence-electron chi connectivity index (χ2n) is 4.69. The van der Waals surface area contributed by atoms with E-state index < -0.39 is 0 Å². The number of methoxy groups -OCH3 is 2. The molecule has 3 aromatic rings. The van der Waals surface area contributed by atoms with Gasteiger partial charge in [0.05, 0.1) is 30.2 Å². The van der Waals surface area contributed by atoms with Gasteiger partial charge in [0.2, 0.25) is 5.43 Å². The predicted molar refractivity (Wildman–Crippen MR) is 86.0 cm³/mol. The lowest BCUT2D eigenvalue weighted by Crippen LogP contribution is -2.05. The van der Waals surface area contributed by atoms with Crippen LogP contribution in [0.15, 0.2) is 51.9 Å². The smallest absolute Gasteiger partial charge is 0.200 e. The second kappa shape index (κ2) is 5.73. The van der Waals surface area contributed by atoms with Gasteiger partial charge in [0.1, 0.15) is 23.3 Å². The standard InChI is InChI=1S/C17H13ClO4/c1-20-11-5-3-10(4-6-11)13-9-22-15-8-16(21-2)14(18)7-12(15)17(13)19/h3-9H,1-2H3. The third kappa shape index (κ3) is 2.42. The van der Waals surface area contributed by atoms with Crippen LogP contribution in [0.2, 0.25) is 5.02 Å². The average Bonchev–Trinajstić information content (AvgIpc) is 2.55. The molecule has 3 rings (SSSR count). The number of benzene rings is 2. The SMILES string of the molecule is COc1ccc(-c2coc3cc(OC)c(Cl)cc3c2=O)cc1. The van der Waals surface area contributed by atoms with Crippen molar-refractivity contribution in [1.29, 1.82) is 0 Å². The molecule has 22 heavy (non-hydrogen) atoms. The number of fused-ring (bicyclic) bond motifs is 1. The van der Waals surface area contributed by atoms with Gasteiger partial charge >= 0.3 is 0 Å². The Labute approximate surface area is 131 Å². The van der Waals surface area contributed by atoms with E-state index in [0.29, 0.717) is 27.3 Å². The molecule has 0 spiro atoms. The molecule has 1 heterocycles. The van der Waals surface area contributed by atoms with Gasteiger partial charge in [-0.05, 0) is 23.8 Å². The lowest BCUT2D eigenvalue weighted by molar-refractivity contribution is 0.414. The number of hydrogen-bond acceptors (Lipinski definition) is 4. The zero-order valence-corrected chi connectivity index (χ0v) is 12.8. The molecule has 0 bridgehead atoms. The summed E-state index contributed by atoms with van der Waals surface area (Å²) in [5.41, 5.74) is 1.51. The van der Waals surface area contributed by atoms with E-state index in [1.807, 2.05) is 12.1 Å². The summed E-state index contributed by atoms with van der Waals surface area (Å²) in [4.78, 5) is 12.6. The molecule has 0 aliphatic heterocycles. The summed E-state index contributed by atoms with van der Waals surface area (Å²) in [6.45, 7) is 0. The first-order chi connectivity index (χ1) is 10.6. The first-order valence-electron chi connectivity index (χ1n) is 6.57. The molecule has 4 nitrogen and oxygen atoms in total. The van der Waals surface area contributed by atoms with Crippen molar-refractivity contribution in [3.05, 3.63) is 57.9 Å². The highest BCUT2D eigenvalue weighted by Gasteiger charge is 2.12. The fraction of sp³-hybridized carbons (Fsp3) is 0.118. The normalized spacial score (nSPS) is 10.7. The molecule has 2 aromatic carbocycles. The van der Waals surface area contributed by atoms with Gasteiger partial charge in [-0.1, -0.05) is 23.7 Å². The fourth-order valence-electron chi connectivity index (χ4n) is 2.26. The maximum absolute atomic E-state index is 12.6. The van der Waals surface area contributed by atoms with Gasteiger partial charge in [0.15, 0.2) is 0 Å². The molecule has 0 N–H and O–H groups in total. The van der Waals surface area contributed by atoms with E-state index in [4.69, 9.17) is 25.5 Å². The second-order valence-corrected chi connectivity index (χ2v) is 5.10. The van der Waals surface area contributed by atoms with Crippen molar-refractivity contribution in [3.63, 3.8) is 0 Å². The van der Waals surface area contributed by atoms with Crippen LogP contribution in [0.1, 0.15) is 0 Å². The first kappa shape index (κ1) is 14.5. The zero-order chi connectivity index (χ0) is 15.7. The van der Waals surface area contributed by atoms with E-state index >= 15 is 0 Å². The van der Waals surface area contributed by atoms with E-state index in [0.717, 1.165) is 11.3 Å². The molecule has 0 atom stereocenters. The van der Waals surface area contributed by atoms with Crippen LogP contribution in [0.4, 0.5) is 0 Å². The van der Waals surface area contributed by atoms with Gasteiger partial charge < -0.3 is 13.9 Å². The molecule has 0 aliphatic carbocycles. The van der Waals surface area contributed by atoms with Crippen LogP contribution in [0.5, 0.6) is 11.5 Å². The van der Waals surface area contributed by atoms with Gasteiger partial charge in [0.25, 0.3) is 0 Å². The van der Waals surface area contributed by atoms with Gasteiger partial charge in [-0.3, -0.25) is 4.79 Å².